The van der Waals surface area contributed by atoms with E-state index in [1.165, 1.54) is 0 Å². The molecule has 1 heterocycles. The Labute approximate surface area is 104 Å². The molecule has 0 aliphatic carbocycles. The molecule has 0 saturated carbocycles. The van der Waals surface area contributed by atoms with Crippen LogP contribution in [0.2, 0.25) is 0 Å². The molecule has 96 valence electrons. The average molecular weight is 248 g/mol. The smallest absolute Gasteiger partial charge is 0.328 e. The number of hydrogen-bond acceptors (Lipinski definition) is 3. The van der Waals surface area contributed by atoms with Gasteiger partial charge in [-0.1, -0.05) is 0 Å². The summed E-state index contributed by atoms with van der Waals surface area (Å²) in [4.78, 5) is 23.3. The number of anilines is 1. The molecule has 0 bridgehead atoms. The molecule has 6 heteroatoms. The number of aryl methyl sites for hydroxylation is 2. The molecule has 1 aromatic heterocycles. The fourth-order valence-electron chi connectivity index (χ4n) is 1.98. The van der Waals surface area contributed by atoms with E-state index in [2.05, 4.69) is 5.32 Å². The second-order valence-electron chi connectivity index (χ2n) is 4.16. The van der Waals surface area contributed by atoms with Crippen LogP contribution in [0.15, 0.2) is 23.0 Å². The van der Waals surface area contributed by atoms with Crippen LogP contribution in [-0.4, -0.2) is 22.1 Å². The number of nitrogens with two attached hydrogens (primary N) is 1. The number of nitrogens with zero attached hydrogens (tertiary/aromatic N) is 2. The summed E-state index contributed by atoms with van der Waals surface area (Å²) < 4.78 is 3.12. The molecule has 3 N–H and O–H groups in total. The Morgan fingerprint density at radius 2 is 2.11 bits per heavy atom. The third-order valence-corrected chi connectivity index (χ3v) is 3.01. The highest BCUT2D eigenvalue weighted by Crippen LogP contribution is 2.16. The fraction of sp³-hybridized carbons (Fsp3) is 0.333. The average Bonchev–Trinajstić information content (AvgIpc) is 2.59. The highest BCUT2D eigenvalue weighted by Gasteiger charge is 2.11. The van der Waals surface area contributed by atoms with Crippen LogP contribution in [0.3, 0.4) is 0 Å². The molecule has 2 aromatic rings. The van der Waals surface area contributed by atoms with Gasteiger partial charge in [0.15, 0.2) is 0 Å². The second kappa shape index (κ2) is 4.56. The Morgan fingerprint density at radius 1 is 1.39 bits per heavy atom. The number of nitrogen functional groups attached to an aromatic ring is 1. The van der Waals surface area contributed by atoms with E-state index in [1.54, 1.807) is 35.4 Å². The Balaban J connectivity index is 2.49. The summed E-state index contributed by atoms with van der Waals surface area (Å²) in [5.74, 6) is -0.0946. The van der Waals surface area contributed by atoms with Gasteiger partial charge in [0, 0.05) is 32.7 Å². The van der Waals surface area contributed by atoms with Gasteiger partial charge in [0.05, 0.1) is 11.0 Å². The zero-order chi connectivity index (χ0) is 13.3. The summed E-state index contributed by atoms with van der Waals surface area (Å²) >= 11 is 0. The number of benzene rings is 1. The van der Waals surface area contributed by atoms with Crippen LogP contribution in [0.1, 0.15) is 6.42 Å². The van der Waals surface area contributed by atoms with Crippen LogP contribution in [0, 0.1) is 0 Å². The van der Waals surface area contributed by atoms with E-state index in [1.807, 2.05) is 6.07 Å². The number of carbonyl (C=O) groups excluding carboxylic acids is 1. The molecule has 2 rings (SSSR count). The van der Waals surface area contributed by atoms with E-state index in [-0.39, 0.29) is 18.0 Å². The summed E-state index contributed by atoms with van der Waals surface area (Å²) in [6, 6.07) is 5.31. The molecule has 18 heavy (non-hydrogen) atoms. The van der Waals surface area contributed by atoms with Crippen molar-refractivity contribution in [3.8, 4) is 0 Å². The standard InChI is InChI=1S/C12H16N4O2/c1-14-11(17)5-6-16-10-7-8(13)3-4-9(10)15(2)12(16)18/h3-4,7H,5-6,13H2,1-2H3,(H,14,17). The van der Waals surface area contributed by atoms with Gasteiger partial charge >= 0.3 is 5.69 Å². The Kier molecular flexibility index (Phi) is 3.10. The van der Waals surface area contributed by atoms with Crippen molar-refractivity contribution >= 4 is 22.6 Å². The van der Waals surface area contributed by atoms with Gasteiger partial charge < -0.3 is 11.1 Å². The Bertz CT molecular complexity index is 654. The van der Waals surface area contributed by atoms with Gasteiger partial charge in [0.1, 0.15) is 0 Å². The minimum Gasteiger partial charge on any atom is -0.399 e. The summed E-state index contributed by atoms with van der Waals surface area (Å²) in [7, 11) is 3.28. The predicted octanol–water partition coefficient (Wildman–Crippen LogP) is 0.0583. The summed E-state index contributed by atoms with van der Waals surface area (Å²) in [6.07, 6.45) is 0.268. The van der Waals surface area contributed by atoms with Gasteiger partial charge in [-0.25, -0.2) is 4.79 Å². The molecule has 0 aliphatic rings. The zero-order valence-corrected chi connectivity index (χ0v) is 10.4. The molecule has 0 atom stereocenters. The SMILES string of the molecule is CNC(=O)CCn1c(=O)n(C)c2ccc(N)cc21. The number of imidazole rings is 1. The van der Waals surface area contributed by atoms with E-state index in [0.29, 0.717) is 12.2 Å². The number of carbonyl (C=O) groups is 1. The lowest BCUT2D eigenvalue weighted by Gasteiger charge is -2.03. The van der Waals surface area contributed by atoms with Crippen LogP contribution < -0.4 is 16.7 Å². The maximum atomic E-state index is 12.1. The molecule has 1 aromatic carbocycles. The minimum atomic E-state index is -0.139. The van der Waals surface area contributed by atoms with E-state index < -0.39 is 0 Å². The fourth-order valence-corrected chi connectivity index (χ4v) is 1.98. The second-order valence-corrected chi connectivity index (χ2v) is 4.16. The minimum absolute atomic E-state index is 0.0946. The van der Waals surface area contributed by atoms with Crippen molar-refractivity contribution in [1.29, 1.82) is 0 Å². The molecule has 0 saturated heterocycles. The molecular formula is C12H16N4O2. The summed E-state index contributed by atoms with van der Waals surface area (Å²) in [5, 5.41) is 2.54. The van der Waals surface area contributed by atoms with Crippen molar-refractivity contribution in [2.75, 3.05) is 12.8 Å². The zero-order valence-electron chi connectivity index (χ0n) is 10.4. The molecule has 6 nitrogen and oxygen atoms in total. The van der Waals surface area contributed by atoms with Gasteiger partial charge in [0.2, 0.25) is 5.91 Å². The highest BCUT2D eigenvalue weighted by atomic mass is 16.2. The lowest BCUT2D eigenvalue weighted by molar-refractivity contribution is -0.120. The molecule has 0 unspecified atom stereocenters. The Hall–Kier alpha value is -2.24. The van der Waals surface area contributed by atoms with Crippen molar-refractivity contribution in [2.24, 2.45) is 7.05 Å². The maximum absolute atomic E-state index is 12.1. The Morgan fingerprint density at radius 3 is 2.78 bits per heavy atom. The van der Waals surface area contributed by atoms with Crippen molar-refractivity contribution in [1.82, 2.24) is 14.5 Å². The van der Waals surface area contributed by atoms with Crippen LogP contribution >= 0.6 is 0 Å². The lowest BCUT2D eigenvalue weighted by atomic mass is 10.2. The number of hydrogen-bond donors (Lipinski definition) is 2. The van der Waals surface area contributed by atoms with E-state index in [0.717, 1.165) is 11.0 Å². The number of rotatable bonds is 3. The van der Waals surface area contributed by atoms with Crippen LogP contribution in [-0.2, 0) is 18.4 Å². The van der Waals surface area contributed by atoms with Gasteiger partial charge in [-0.15, -0.1) is 0 Å². The third kappa shape index (κ3) is 1.97. The van der Waals surface area contributed by atoms with Crippen LogP contribution in [0.25, 0.3) is 11.0 Å². The first-order chi connectivity index (χ1) is 8.54. The number of amides is 1. The monoisotopic (exact) mass is 248 g/mol. The van der Waals surface area contributed by atoms with E-state index in [9.17, 15) is 9.59 Å². The highest BCUT2D eigenvalue weighted by molar-refractivity contribution is 5.80. The molecule has 0 radical (unpaired) electrons. The topological polar surface area (TPSA) is 82.0 Å². The summed E-state index contributed by atoms with van der Waals surface area (Å²) in [5.41, 5.74) is 7.76. The first-order valence-corrected chi connectivity index (χ1v) is 5.70. The number of fused-ring (bicyclic) bond motifs is 1. The van der Waals surface area contributed by atoms with Crippen molar-refractivity contribution < 1.29 is 4.79 Å². The third-order valence-electron chi connectivity index (χ3n) is 3.01. The van der Waals surface area contributed by atoms with E-state index >= 15 is 0 Å². The van der Waals surface area contributed by atoms with Gasteiger partial charge in [-0.2, -0.15) is 0 Å². The van der Waals surface area contributed by atoms with Crippen LogP contribution in [0.5, 0.6) is 0 Å². The predicted molar refractivity (Wildman–Crippen MR) is 70.3 cm³/mol. The van der Waals surface area contributed by atoms with Gasteiger partial charge in [-0.05, 0) is 18.2 Å². The van der Waals surface area contributed by atoms with Crippen molar-refractivity contribution in [3.05, 3.63) is 28.7 Å². The number of nitrogens with one attached hydrogen (secondary N) is 1. The molecule has 1 amide bonds. The van der Waals surface area contributed by atoms with Crippen molar-refractivity contribution in [3.63, 3.8) is 0 Å². The van der Waals surface area contributed by atoms with E-state index in [4.69, 9.17) is 5.73 Å². The molecule has 0 fully saturated rings. The largest absolute Gasteiger partial charge is 0.399 e. The van der Waals surface area contributed by atoms with Gasteiger partial charge in [-0.3, -0.25) is 13.9 Å². The first kappa shape index (κ1) is 12.2. The van der Waals surface area contributed by atoms with Crippen LogP contribution in [0.4, 0.5) is 5.69 Å². The summed E-state index contributed by atoms with van der Waals surface area (Å²) in [6.45, 7) is 0.347. The normalized spacial score (nSPS) is 10.8. The first-order valence-electron chi connectivity index (χ1n) is 5.70. The quantitative estimate of drug-likeness (QED) is 0.753. The molecule has 0 aliphatic heterocycles. The molecular weight excluding hydrogens is 232 g/mol. The lowest BCUT2D eigenvalue weighted by Crippen LogP contribution is -2.26. The van der Waals surface area contributed by atoms with Crippen molar-refractivity contribution in [2.45, 2.75) is 13.0 Å². The maximum Gasteiger partial charge on any atom is 0.328 e. The van der Waals surface area contributed by atoms with Gasteiger partial charge in [0.25, 0.3) is 0 Å². The molecule has 0 spiro atoms. The number of aromatic nitrogens is 2.